The van der Waals surface area contributed by atoms with Crippen molar-refractivity contribution in [1.29, 1.82) is 0 Å². The average Bonchev–Trinajstić information content (AvgIpc) is 1.63. The molecule has 0 amide bonds. The Morgan fingerprint density at radius 2 is 1.44 bits per heavy atom. The molecule has 0 rings (SSSR count). The number of nitrogens with one attached hydrogen (secondary N) is 1. The molecule has 0 radical (unpaired) electrons. The molecular formula is C4H5I2NO2. The molecule has 0 heterocycles. The van der Waals surface area contributed by atoms with Crippen molar-refractivity contribution in [2.75, 3.05) is 13.1 Å². The Balaban J connectivity index is 3.10. The number of hydrogen-bond acceptors (Lipinski definition) is 3. The Morgan fingerprint density at radius 3 is 1.67 bits per heavy atom. The number of hydrogen-bond donors (Lipinski definition) is 1. The number of carbonyl (C=O) groups excluding carboxylic acids is 2. The number of rotatable bonds is 4. The van der Waals surface area contributed by atoms with Crippen molar-refractivity contribution in [2.45, 2.75) is 0 Å². The van der Waals surface area contributed by atoms with Crippen LogP contribution in [-0.4, -0.2) is 20.7 Å². The van der Waals surface area contributed by atoms with Gasteiger partial charge in [-0.1, -0.05) is 0 Å². The van der Waals surface area contributed by atoms with E-state index in [-0.39, 0.29) is 20.7 Å². The first-order chi connectivity index (χ1) is 4.13. The topological polar surface area (TPSA) is 46.2 Å². The van der Waals surface area contributed by atoms with Crippen molar-refractivity contribution in [3.05, 3.63) is 0 Å². The summed E-state index contributed by atoms with van der Waals surface area (Å²) < 4.78 is 0.0375. The molecule has 1 N–H and O–H groups in total. The van der Waals surface area contributed by atoms with Gasteiger partial charge in [0.25, 0.3) is 0 Å². The molecule has 9 heavy (non-hydrogen) atoms. The van der Waals surface area contributed by atoms with Crippen LogP contribution in [0.1, 0.15) is 0 Å². The first kappa shape index (κ1) is 9.76. The quantitative estimate of drug-likeness (QED) is 0.592. The lowest BCUT2D eigenvalue weighted by molar-refractivity contribution is -0.109. The van der Waals surface area contributed by atoms with Crippen LogP contribution >= 0.6 is 45.2 Å². The molecule has 0 fully saturated rings. The predicted octanol–water partition coefficient (Wildman–Crippen LogP) is 0.499. The molecule has 52 valence electrons. The lowest BCUT2D eigenvalue weighted by Gasteiger charge is -1.93. The molecular weight excluding hydrogens is 348 g/mol. The summed E-state index contributed by atoms with van der Waals surface area (Å²) >= 11 is 3.35. The summed E-state index contributed by atoms with van der Waals surface area (Å²) in [6.45, 7) is 0.546. The maximum absolute atomic E-state index is 10.2. The number of halogens is 2. The summed E-state index contributed by atoms with van der Waals surface area (Å²) in [5.74, 6) is 0. The highest BCUT2D eigenvalue weighted by Crippen LogP contribution is 1.84. The lowest BCUT2D eigenvalue weighted by Crippen LogP contribution is -2.23. The molecule has 0 bridgehead atoms. The van der Waals surface area contributed by atoms with Gasteiger partial charge in [-0.2, -0.15) is 0 Å². The van der Waals surface area contributed by atoms with Gasteiger partial charge in [0.05, 0.1) is 13.1 Å². The highest BCUT2D eigenvalue weighted by Gasteiger charge is 1.95. The first-order valence-corrected chi connectivity index (χ1v) is 4.36. The maximum Gasteiger partial charge on any atom is 0.206 e. The first-order valence-electron chi connectivity index (χ1n) is 2.20. The Kier molecular flexibility index (Phi) is 6.01. The van der Waals surface area contributed by atoms with E-state index in [4.69, 9.17) is 0 Å². The van der Waals surface area contributed by atoms with Crippen molar-refractivity contribution in [1.82, 2.24) is 5.32 Å². The summed E-state index contributed by atoms with van der Waals surface area (Å²) in [7, 11) is 0. The fourth-order valence-electron chi connectivity index (χ4n) is 0.259. The van der Waals surface area contributed by atoms with Crippen LogP contribution < -0.4 is 5.32 Å². The van der Waals surface area contributed by atoms with E-state index in [0.29, 0.717) is 0 Å². The van der Waals surface area contributed by atoms with Gasteiger partial charge in [0.1, 0.15) is 0 Å². The van der Waals surface area contributed by atoms with Crippen LogP contribution in [0.25, 0.3) is 0 Å². The van der Waals surface area contributed by atoms with Gasteiger partial charge in [0, 0.05) is 45.2 Å². The normalized spacial score (nSPS) is 9.11. The van der Waals surface area contributed by atoms with Crippen LogP contribution in [-0.2, 0) is 9.59 Å². The Labute approximate surface area is 80.2 Å². The average molecular weight is 353 g/mol. The van der Waals surface area contributed by atoms with E-state index in [2.05, 4.69) is 5.32 Å². The van der Waals surface area contributed by atoms with Gasteiger partial charge in [0.2, 0.25) is 7.58 Å². The molecule has 0 aliphatic heterocycles. The molecule has 0 aromatic heterocycles. The second-order valence-corrected chi connectivity index (χ2v) is 3.72. The molecule has 0 spiro atoms. The molecule has 5 heteroatoms. The van der Waals surface area contributed by atoms with Crippen LogP contribution in [0.4, 0.5) is 0 Å². The van der Waals surface area contributed by atoms with Crippen LogP contribution in [0.15, 0.2) is 0 Å². The van der Waals surface area contributed by atoms with E-state index in [1.54, 1.807) is 45.2 Å². The summed E-state index contributed by atoms with van der Waals surface area (Å²) in [5.41, 5.74) is 0. The van der Waals surface area contributed by atoms with E-state index in [9.17, 15) is 9.59 Å². The third kappa shape index (κ3) is 8.76. The van der Waals surface area contributed by atoms with Crippen LogP contribution in [0.3, 0.4) is 0 Å². The molecule has 0 atom stereocenters. The SMILES string of the molecule is O=C(I)CNCC(=O)I. The van der Waals surface area contributed by atoms with Gasteiger partial charge in [-0.3, -0.25) is 9.59 Å². The van der Waals surface area contributed by atoms with Crippen LogP contribution in [0, 0.1) is 0 Å². The Bertz CT molecular complexity index is 112. The third-order valence-corrected chi connectivity index (χ3v) is 1.29. The molecule has 0 unspecified atom stereocenters. The minimum atomic E-state index is 0.0188. The van der Waals surface area contributed by atoms with Crippen LogP contribution in [0.2, 0.25) is 0 Å². The summed E-state index contributed by atoms with van der Waals surface area (Å²) in [4.78, 5) is 20.5. The van der Waals surface area contributed by atoms with Crippen LogP contribution in [0.5, 0.6) is 0 Å². The van der Waals surface area contributed by atoms with E-state index in [0.717, 1.165) is 0 Å². The highest BCUT2D eigenvalue weighted by atomic mass is 127. The van der Waals surface area contributed by atoms with Gasteiger partial charge >= 0.3 is 0 Å². The Hall–Kier alpha value is 0.760. The molecule has 0 saturated carbocycles. The van der Waals surface area contributed by atoms with E-state index >= 15 is 0 Å². The second-order valence-electron chi connectivity index (χ2n) is 1.31. The molecule has 0 aromatic carbocycles. The third-order valence-electron chi connectivity index (χ3n) is 0.528. The van der Waals surface area contributed by atoms with Gasteiger partial charge in [0.15, 0.2) is 0 Å². The van der Waals surface area contributed by atoms with Gasteiger partial charge in [-0.25, -0.2) is 0 Å². The van der Waals surface area contributed by atoms with Crippen molar-refractivity contribution >= 4 is 52.8 Å². The Morgan fingerprint density at radius 1 is 1.11 bits per heavy atom. The molecule has 3 nitrogen and oxygen atoms in total. The minimum absolute atomic E-state index is 0.0188. The predicted molar refractivity (Wildman–Crippen MR) is 50.9 cm³/mol. The van der Waals surface area contributed by atoms with E-state index in [1.165, 1.54) is 0 Å². The van der Waals surface area contributed by atoms with Crippen molar-refractivity contribution in [3.8, 4) is 0 Å². The van der Waals surface area contributed by atoms with Crippen molar-refractivity contribution in [3.63, 3.8) is 0 Å². The highest BCUT2D eigenvalue weighted by molar-refractivity contribution is 14.1. The van der Waals surface area contributed by atoms with Gasteiger partial charge in [-0.05, 0) is 0 Å². The van der Waals surface area contributed by atoms with Crippen molar-refractivity contribution < 1.29 is 9.59 Å². The second kappa shape index (κ2) is 5.54. The lowest BCUT2D eigenvalue weighted by atomic mass is 10.6. The van der Waals surface area contributed by atoms with Gasteiger partial charge in [-0.15, -0.1) is 0 Å². The summed E-state index contributed by atoms with van der Waals surface area (Å²) in [6.07, 6.45) is 0. The summed E-state index contributed by atoms with van der Waals surface area (Å²) in [5, 5.41) is 2.67. The molecule has 0 saturated heterocycles. The van der Waals surface area contributed by atoms with Crippen molar-refractivity contribution in [2.24, 2.45) is 0 Å². The smallest absolute Gasteiger partial charge is 0.206 e. The standard InChI is InChI=1S/C4H5I2NO2/c5-3(8)1-7-2-4(6)9/h7H,1-2H2. The zero-order valence-electron chi connectivity index (χ0n) is 4.49. The zero-order valence-corrected chi connectivity index (χ0v) is 8.80. The summed E-state index contributed by atoms with van der Waals surface area (Å²) in [6, 6.07) is 0. The fourth-order valence-corrected chi connectivity index (χ4v) is 0.798. The molecule has 0 aromatic rings. The zero-order chi connectivity index (χ0) is 7.28. The van der Waals surface area contributed by atoms with E-state index < -0.39 is 0 Å². The fraction of sp³-hybridized carbons (Fsp3) is 0.500. The monoisotopic (exact) mass is 353 g/mol. The number of carbonyl (C=O) groups is 2. The molecule has 0 aliphatic rings. The largest absolute Gasteiger partial charge is 0.302 e. The maximum atomic E-state index is 10.2. The molecule has 0 aliphatic carbocycles. The minimum Gasteiger partial charge on any atom is -0.302 e. The van der Waals surface area contributed by atoms with E-state index in [1.807, 2.05) is 0 Å². The van der Waals surface area contributed by atoms with Gasteiger partial charge < -0.3 is 5.32 Å².